The molecule has 0 spiro atoms. The SMILES string of the molecule is CC1(C)CC(Oc2cncc(C#CCCCl)c2)C(C)(C)O1. The predicted octanol–water partition coefficient (Wildman–Crippen LogP) is 3.79. The molecule has 21 heavy (non-hydrogen) atoms. The topological polar surface area (TPSA) is 31.4 Å². The van der Waals surface area contributed by atoms with Crippen LogP contribution in [0.25, 0.3) is 0 Å². The van der Waals surface area contributed by atoms with E-state index in [1.807, 2.05) is 6.07 Å². The molecule has 2 heterocycles. The normalized spacial score (nSPS) is 22.4. The van der Waals surface area contributed by atoms with Crippen molar-refractivity contribution >= 4 is 11.6 Å². The van der Waals surface area contributed by atoms with Crippen molar-refractivity contribution in [2.45, 2.75) is 57.8 Å². The van der Waals surface area contributed by atoms with Crippen LogP contribution in [0.2, 0.25) is 0 Å². The van der Waals surface area contributed by atoms with Crippen LogP contribution in [0.3, 0.4) is 0 Å². The zero-order valence-corrected chi connectivity index (χ0v) is 13.8. The van der Waals surface area contributed by atoms with E-state index in [2.05, 4.69) is 44.5 Å². The fraction of sp³-hybridized carbons (Fsp3) is 0.588. The van der Waals surface area contributed by atoms with Crippen molar-refractivity contribution in [1.82, 2.24) is 4.98 Å². The van der Waals surface area contributed by atoms with Gasteiger partial charge in [-0.15, -0.1) is 11.6 Å². The minimum absolute atomic E-state index is 0.000325. The fourth-order valence-corrected chi connectivity index (χ4v) is 2.72. The van der Waals surface area contributed by atoms with Gasteiger partial charge in [0, 0.05) is 30.5 Å². The molecule has 1 aliphatic heterocycles. The van der Waals surface area contributed by atoms with Gasteiger partial charge < -0.3 is 9.47 Å². The second-order valence-corrected chi connectivity index (χ2v) is 6.80. The molecular weight excluding hydrogens is 286 g/mol. The number of nitrogens with zero attached hydrogens (tertiary/aromatic N) is 1. The van der Waals surface area contributed by atoms with Crippen molar-refractivity contribution in [3.63, 3.8) is 0 Å². The molecule has 0 bridgehead atoms. The Morgan fingerprint density at radius 2 is 2.14 bits per heavy atom. The number of hydrogen-bond acceptors (Lipinski definition) is 3. The first-order chi connectivity index (χ1) is 9.82. The molecule has 0 aliphatic carbocycles. The minimum atomic E-state index is -0.316. The van der Waals surface area contributed by atoms with Crippen molar-refractivity contribution in [2.24, 2.45) is 0 Å². The van der Waals surface area contributed by atoms with E-state index in [1.54, 1.807) is 12.4 Å². The highest BCUT2D eigenvalue weighted by atomic mass is 35.5. The van der Waals surface area contributed by atoms with Gasteiger partial charge >= 0.3 is 0 Å². The van der Waals surface area contributed by atoms with Gasteiger partial charge in [0.05, 0.1) is 11.8 Å². The molecule has 1 fully saturated rings. The lowest BCUT2D eigenvalue weighted by molar-refractivity contribution is -0.0846. The zero-order valence-electron chi connectivity index (χ0n) is 13.1. The lowest BCUT2D eigenvalue weighted by Crippen LogP contribution is -2.36. The molecule has 1 aromatic rings. The summed E-state index contributed by atoms with van der Waals surface area (Å²) in [5.74, 6) is 7.31. The van der Waals surface area contributed by atoms with E-state index in [1.165, 1.54) is 0 Å². The third kappa shape index (κ3) is 4.36. The van der Waals surface area contributed by atoms with Gasteiger partial charge in [-0.25, -0.2) is 0 Å². The monoisotopic (exact) mass is 307 g/mol. The molecule has 0 N–H and O–H groups in total. The standard InChI is InChI=1S/C17H22ClNO2/c1-16(2)10-15(17(3,4)21-16)20-14-9-13(11-19-12-14)7-5-6-8-18/h9,11-12,15H,6,8,10H2,1-4H3. The van der Waals surface area contributed by atoms with Gasteiger partial charge in [-0.05, 0) is 33.8 Å². The smallest absolute Gasteiger partial charge is 0.139 e. The summed E-state index contributed by atoms with van der Waals surface area (Å²) in [6.45, 7) is 8.29. The van der Waals surface area contributed by atoms with Crippen LogP contribution < -0.4 is 4.74 Å². The Morgan fingerprint density at radius 3 is 2.76 bits per heavy atom. The number of ether oxygens (including phenoxy) is 2. The van der Waals surface area contributed by atoms with Crippen molar-refractivity contribution in [3.8, 4) is 17.6 Å². The van der Waals surface area contributed by atoms with E-state index in [9.17, 15) is 0 Å². The summed E-state index contributed by atoms with van der Waals surface area (Å²) in [7, 11) is 0. The molecule has 1 unspecified atom stereocenters. The number of rotatable bonds is 3. The van der Waals surface area contributed by atoms with Gasteiger partial charge in [0.15, 0.2) is 0 Å². The molecule has 1 saturated heterocycles. The fourth-order valence-electron chi connectivity index (χ4n) is 2.62. The summed E-state index contributed by atoms with van der Waals surface area (Å²) in [6, 6.07) is 1.91. The maximum atomic E-state index is 6.09. The number of aromatic nitrogens is 1. The third-order valence-electron chi connectivity index (χ3n) is 3.44. The molecule has 0 saturated carbocycles. The minimum Gasteiger partial charge on any atom is -0.486 e. The Bertz CT molecular complexity index is 557. The van der Waals surface area contributed by atoms with E-state index >= 15 is 0 Å². The van der Waals surface area contributed by atoms with E-state index in [0.29, 0.717) is 12.3 Å². The van der Waals surface area contributed by atoms with Gasteiger partial charge in [-0.3, -0.25) is 4.98 Å². The Hall–Kier alpha value is -1.24. The van der Waals surface area contributed by atoms with E-state index in [-0.39, 0.29) is 17.3 Å². The first-order valence-electron chi connectivity index (χ1n) is 7.19. The van der Waals surface area contributed by atoms with Gasteiger partial charge in [0.1, 0.15) is 17.5 Å². The molecule has 1 aliphatic rings. The summed E-state index contributed by atoms with van der Waals surface area (Å²) in [6.07, 6.45) is 4.97. The molecule has 1 atom stereocenters. The van der Waals surface area contributed by atoms with Crippen molar-refractivity contribution in [1.29, 1.82) is 0 Å². The maximum absolute atomic E-state index is 6.09. The lowest BCUT2D eigenvalue weighted by Gasteiger charge is -2.27. The second-order valence-electron chi connectivity index (χ2n) is 6.43. The van der Waals surface area contributed by atoms with Crippen molar-refractivity contribution in [3.05, 3.63) is 24.0 Å². The van der Waals surface area contributed by atoms with E-state index < -0.39 is 0 Å². The van der Waals surface area contributed by atoms with Crippen LogP contribution in [0.1, 0.15) is 46.1 Å². The van der Waals surface area contributed by atoms with Crippen LogP contribution in [0.15, 0.2) is 18.5 Å². The summed E-state index contributed by atoms with van der Waals surface area (Å²) in [4.78, 5) is 4.19. The predicted molar refractivity (Wildman–Crippen MR) is 84.7 cm³/mol. The Kier molecular flexibility index (Phi) is 4.81. The molecule has 114 valence electrons. The molecule has 0 amide bonds. The quantitative estimate of drug-likeness (QED) is 0.629. The molecule has 2 rings (SSSR count). The average molecular weight is 308 g/mol. The number of alkyl halides is 1. The largest absolute Gasteiger partial charge is 0.486 e. The highest BCUT2D eigenvalue weighted by Gasteiger charge is 2.47. The number of pyridine rings is 1. The Labute approximate surface area is 132 Å². The Morgan fingerprint density at radius 1 is 1.38 bits per heavy atom. The second kappa shape index (κ2) is 6.25. The van der Waals surface area contributed by atoms with Crippen LogP contribution in [0, 0.1) is 11.8 Å². The van der Waals surface area contributed by atoms with Crippen LogP contribution in [0.4, 0.5) is 0 Å². The summed E-state index contributed by atoms with van der Waals surface area (Å²) < 4.78 is 12.1. The van der Waals surface area contributed by atoms with Gasteiger partial charge in [-0.1, -0.05) is 11.8 Å². The van der Waals surface area contributed by atoms with Crippen LogP contribution in [-0.2, 0) is 4.74 Å². The zero-order chi connectivity index (χ0) is 15.5. The number of halogens is 1. The van der Waals surface area contributed by atoms with Crippen LogP contribution >= 0.6 is 11.6 Å². The molecule has 0 radical (unpaired) electrons. The molecular formula is C17H22ClNO2. The molecule has 1 aromatic heterocycles. The summed E-state index contributed by atoms with van der Waals surface area (Å²) in [5, 5.41) is 0. The average Bonchev–Trinajstić information content (AvgIpc) is 2.58. The van der Waals surface area contributed by atoms with Crippen LogP contribution in [0.5, 0.6) is 5.75 Å². The first-order valence-corrected chi connectivity index (χ1v) is 7.72. The highest BCUT2D eigenvalue weighted by molar-refractivity contribution is 6.18. The van der Waals surface area contributed by atoms with Gasteiger partial charge in [-0.2, -0.15) is 0 Å². The van der Waals surface area contributed by atoms with Crippen molar-refractivity contribution < 1.29 is 9.47 Å². The summed E-state index contributed by atoms with van der Waals surface area (Å²) >= 11 is 5.61. The Balaban J connectivity index is 2.10. The van der Waals surface area contributed by atoms with Crippen LogP contribution in [-0.4, -0.2) is 28.2 Å². The number of hydrogen-bond donors (Lipinski definition) is 0. The van der Waals surface area contributed by atoms with Crippen molar-refractivity contribution in [2.75, 3.05) is 5.88 Å². The molecule has 4 heteroatoms. The summed E-state index contributed by atoms with van der Waals surface area (Å²) in [5.41, 5.74) is 0.358. The highest BCUT2D eigenvalue weighted by Crippen LogP contribution is 2.39. The molecule has 0 aromatic carbocycles. The maximum Gasteiger partial charge on any atom is 0.139 e. The first kappa shape index (κ1) is 16.1. The van der Waals surface area contributed by atoms with Gasteiger partial charge in [0.2, 0.25) is 0 Å². The van der Waals surface area contributed by atoms with Gasteiger partial charge in [0.25, 0.3) is 0 Å². The third-order valence-corrected chi connectivity index (χ3v) is 3.62. The molecule has 3 nitrogen and oxygen atoms in total. The van der Waals surface area contributed by atoms with E-state index in [0.717, 1.165) is 17.7 Å². The van der Waals surface area contributed by atoms with E-state index in [4.69, 9.17) is 21.1 Å². The lowest BCUT2D eigenvalue weighted by atomic mass is 9.97.